The summed E-state index contributed by atoms with van der Waals surface area (Å²) in [4.78, 5) is 0. The van der Waals surface area contributed by atoms with Crippen molar-refractivity contribution in [2.24, 2.45) is 0 Å². The molecule has 0 atom stereocenters. The first kappa shape index (κ1) is 49.3. The molecule has 342 valence electrons. The molecule has 0 bridgehead atoms. The van der Waals surface area contributed by atoms with Crippen LogP contribution < -0.4 is 42.4 Å². The van der Waals surface area contributed by atoms with Gasteiger partial charge >= 0.3 is 0 Å². The number of nitrogens with zero attached hydrogens (tertiary/aromatic N) is 2. The van der Waals surface area contributed by atoms with Crippen molar-refractivity contribution < 1.29 is 16.5 Å². The fraction of sp³-hybridized carbons (Fsp3) is 0.200. The third kappa shape index (κ3) is 12.8. The molecule has 2 fully saturated rings. The van der Waals surface area contributed by atoms with E-state index in [-0.39, 0.29) is 16.5 Å². The van der Waals surface area contributed by atoms with E-state index in [0.717, 1.165) is 0 Å². The van der Waals surface area contributed by atoms with Crippen LogP contribution in [0.15, 0.2) is 243 Å². The van der Waals surface area contributed by atoms with E-state index >= 15 is 0 Å². The minimum Gasteiger partial charge on any atom is -0.0620 e. The predicted octanol–water partition coefficient (Wildman–Crippen LogP) is 12.4. The second-order valence-corrected chi connectivity index (χ2v) is 27.9. The van der Waals surface area contributed by atoms with Crippen LogP contribution in [0.25, 0.3) is 0 Å². The van der Waals surface area contributed by atoms with E-state index in [4.69, 9.17) is 0 Å². The molecule has 2 aliphatic carbocycles. The summed E-state index contributed by atoms with van der Waals surface area (Å²) in [5.74, 6) is 0. The van der Waals surface area contributed by atoms with E-state index in [9.17, 15) is 0 Å². The van der Waals surface area contributed by atoms with E-state index < -0.39 is 32.3 Å². The van der Waals surface area contributed by atoms with Crippen molar-refractivity contribution in [3.05, 3.63) is 243 Å². The number of rotatable bonds is 14. The standard InChI is InChI=1S/2C30H31NP2.Ni/c2*1-6-16-26(17-7-1)31(32(27-18-8-2-9-19-27)28-20-10-3-11-21-28)33(29-22-12-4-13-23-29)30-24-14-5-15-25-30;/h2*2-5,8-15,18-26H,1,6-7,16-17H2;/p+4. The fourth-order valence-corrected chi connectivity index (χ4v) is 25.2. The normalized spacial score (nSPS) is 14.5. The van der Waals surface area contributed by atoms with E-state index in [1.165, 1.54) is 107 Å². The topological polar surface area (TPSA) is 6.48 Å². The van der Waals surface area contributed by atoms with Crippen LogP contribution in [0, 0.1) is 0 Å². The molecule has 2 nitrogen and oxygen atoms in total. The summed E-state index contributed by atoms with van der Waals surface area (Å²) in [6, 6.07) is 91.9. The Labute approximate surface area is 416 Å². The molecule has 2 aliphatic rings. The predicted molar refractivity (Wildman–Crippen MR) is 299 cm³/mol. The van der Waals surface area contributed by atoms with Crippen molar-refractivity contribution in [3.63, 3.8) is 0 Å². The summed E-state index contributed by atoms with van der Waals surface area (Å²) in [5.41, 5.74) is 0. The maximum atomic E-state index is 3.05. The summed E-state index contributed by atoms with van der Waals surface area (Å²) in [5, 5.41) is 12.0. The molecule has 0 heterocycles. The van der Waals surface area contributed by atoms with Gasteiger partial charge in [0.1, 0.15) is 42.4 Å². The second-order valence-electron chi connectivity index (χ2n) is 17.6. The number of hydrogen-bond acceptors (Lipinski definition) is 2. The van der Waals surface area contributed by atoms with Gasteiger partial charge < -0.3 is 0 Å². The molecule has 7 heteroatoms. The molecule has 0 N–H and O–H groups in total. The minimum atomic E-state index is -1.15. The third-order valence-corrected chi connectivity index (χ3v) is 26.3. The fourth-order valence-electron chi connectivity index (χ4n) is 10.2. The Morgan fingerprint density at radius 3 is 0.522 bits per heavy atom. The largest absolute Gasteiger partial charge is 0.174 e. The van der Waals surface area contributed by atoms with E-state index in [2.05, 4.69) is 252 Å². The zero-order valence-corrected chi connectivity index (χ0v) is 43.5. The van der Waals surface area contributed by atoms with Gasteiger partial charge in [0.15, 0.2) is 32.3 Å². The van der Waals surface area contributed by atoms with Gasteiger partial charge in [0, 0.05) is 16.5 Å². The Kier molecular flexibility index (Phi) is 19.2. The van der Waals surface area contributed by atoms with Crippen LogP contribution >= 0.6 is 32.3 Å². The molecule has 10 rings (SSSR count). The van der Waals surface area contributed by atoms with Gasteiger partial charge in [-0.15, -0.1) is 0 Å². The van der Waals surface area contributed by atoms with Crippen LogP contribution in [-0.4, -0.2) is 21.0 Å². The molecule has 8 aromatic rings. The van der Waals surface area contributed by atoms with Gasteiger partial charge in [-0.2, -0.15) is 0 Å². The zero-order chi connectivity index (χ0) is 44.6. The quantitative estimate of drug-likeness (QED) is 0.0791. The van der Waals surface area contributed by atoms with Crippen molar-refractivity contribution in [1.82, 2.24) is 8.88 Å². The van der Waals surface area contributed by atoms with Crippen molar-refractivity contribution in [3.8, 4) is 0 Å². The van der Waals surface area contributed by atoms with Gasteiger partial charge in [-0.25, -0.2) is 0 Å². The van der Waals surface area contributed by atoms with E-state index in [1.807, 2.05) is 0 Å². The van der Waals surface area contributed by atoms with Gasteiger partial charge in [-0.3, -0.25) is 0 Å². The van der Waals surface area contributed by atoms with Gasteiger partial charge in [-0.1, -0.05) is 184 Å². The Morgan fingerprint density at radius 2 is 0.373 bits per heavy atom. The average Bonchev–Trinajstić information content (AvgIpc) is 3.41. The summed E-state index contributed by atoms with van der Waals surface area (Å²) in [7, 11) is -4.61. The van der Waals surface area contributed by atoms with Crippen LogP contribution in [0.4, 0.5) is 0 Å². The zero-order valence-electron chi connectivity index (χ0n) is 38.5. The Bertz CT molecular complexity index is 2060. The number of hydrogen-bond donors (Lipinski definition) is 0. The minimum absolute atomic E-state index is 0. The summed E-state index contributed by atoms with van der Waals surface area (Å²) >= 11 is 0. The van der Waals surface area contributed by atoms with Crippen molar-refractivity contribution in [1.29, 1.82) is 0 Å². The smallest absolute Gasteiger partial charge is 0.0620 e. The van der Waals surface area contributed by atoms with Gasteiger partial charge in [0.05, 0.1) is 12.1 Å². The Morgan fingerprint density at radius 1 is 0.224 bits per heavy atom. The first-order chi connectivity index (χ1) is 32.8. The first-order valence-corrected chi connectivity index (χ1v) is 30.1. The molecular weight excluding hydrogens is 931 g/mol. The summed E-state index contributed by atoms with van der Waals surface area (Å²) < 4.78 is 6.09. The first-order valence-electron chi connectivity index (χ1n) is 24.3. The Balaban J connectivity index is 0.000000179. The molecule has 0 amide bonds. The SMILES string of the molecule is [Ni].c1ccc([PH+](c2ccccc2)N(C2CCCCC2)[PH+](c2ccccc2)c2ccccc2)cc1.c1ccc([PH+](c2ccccc2)N(C2CCCCC2)[PH+](c2ccccc2)c2ccccc2)cc1. The van der Waals surface area contributed by atoms with E-state index in [0.29, 0.717) is 12.1 Å². The molecule has 0 aliphatic heterocycles. The molecule has 0 aromatic heterocycles. The van der Waals surface area contributed by atoms with Crippen molar-refractivity contribution in [2.75, 3.05) is 0 Å². The van der Waals surface area contributed by atoms with Crippen LogP contribution in [0.2, 0.25) is 0 Å². The maximum absolute atomic E-state index is 3.05. The maximum Gasteiger partial charge on any atom is 0.174 e. The molecule has 8 aromatic carbocycles. The summed E-state index contributed by atoms with van der Waals surface area (Å²) in [6.45, 7) is 0. The average molecular weight is 998 g/mol. The molecule has 2 saturated carbocycles. The molecule has 0 unspecified atom stereocenters. The molecule has 0 saturated heterocycles. The van der Waals surface area contributed by atoms with Crippen molar-refractivity contribution in [2.45, 2.75) is 76.3 Å². The van der Waals surface area contributed by atoms with Gasteiger partial charge in [-0.05, 0) is 132 Å². The van der Waals surface area contributed by atoms with E-state index in [1.54, 1.807) is 0 Å². The van der Waals surface area contributed by atoms with Gasteiger partial charge in [0.25, 0.3) is 0 Å². The molecule has 0 spiro atoms. The molecular formula is C60H66N2NiP4+4. The van der Waals surface area contributed by atoms with Gasteiger partial charge in [0.2, 0.25) is 0 Å². The van der Waals surface area contributed by atoms with Crippen molar-refractivity contribution >= 4 is 74.7 Å². The van der Waals surface area contributed by atoms with Crippen LogP contribution in [0.3, 0.4) is 0 Å². The van der Waals surface area contributed by atoms with Crippen LogP contribution in [0.5, 0.6) is 0 Å². The monoisotopic (exact) mass is 996 g/mol. The molecule has 0 radical (unpaired) electrons. The Hall–Kier alpha value is -4.11. The second kappa shape index (κ2) is 26.0. The molecule has 67 heavy (non-hydrogen) atoms. The van der Waals surface area contributed by atoms with Crippen LogP contribution in [-0.2, 0) is 16.5 Å². The number of benzene rings is 8. The third-order valence-electron chi connectivity index (χ3n) is 13.2. The summed E-state index contributed by atoms with van der Waals surface area (Å²) in [6.07, 6.45) is 13.4. The van der Waals surface area contributed by atoms with Crippen LogP contribution in [0.1, 0.15) is 64.2 Å².